The van der Waals surface area contributed by atoms with Crippen LogP contribution in [-0.4, -0.2) is 61.3 Å². The molecule has 1 aromatic rings. The van der Waals surface area contributed by atoms with E-state index in [0.717, 1.165) is 51.3 Å². The van der Waals surface area contributed by atoms with Gasteiger partial charge in [-0.25, -0.2) is 4.79 Å². The van der Waals surface area contributed by atoms with E-state index in [2.05, 4.69) is 20.9 Å². The number of hydrogen-bond acceptors (Lipinski definition) is 4. The van der Waals surface area contributed by atoms with Crippen LogP contribution < -0.4 is 16.0 Å². The van der Waals surface area contributed by atoms with Gasteiger partial charge in [-0.3, -0.25) is 9.69 Å². The van der Waals surface area contributed by atoms with E-state index >= 15 is 0 Å². The molecule has 2 aliphatic rings. The summed E-state index contributed by atoms with van der Waals surface area (Å²) >= 11 is 0. The third-order valence-corrected chi connectivity index (χ3v) is 5.55. The number of carbonyl (C=O) groups excluding carboxylic acids is 2. The van der Waals surface area contributed by atoms with Crippen molar-refractivity contribution in [3.8, 4) is 0 Å². The van der Waals surface area contributed by atoms with Gasteiger partial charge in [-0.15, -0.1) is 0 Å². The Hall–Kier alpha value is -2.12. The van der Waals surface area contributed by atoms with Crippen LogP contribution in [0.25, 0.3) is 0 Å². The van der Waals surface area contributed by atoms with Crippen LogP contribution in [0.4, 0.5) is 4.79 Å². The lowest BCUT2D eigenvalue weighted by Gasteiger charge is -2.33. The number of morpholine rings is 1. The summed E-state index contributed by atoms with van der Waals surface area (Å²) in [5, 5.41) is 8.97. The zero-order valence-corrected chi connectivity index (χ0v) is 16.7. The van der Waals surface area contributed by atoms with Gasteiger partial charge in [0.05, 0.1) is 13.2 Å². The third kappa shape index (κ3) is 5.69. The number of benzene rings is 1. The number of hydrogen-bond donors (Lipinski definition) is 3. The molecule has 1 saturated heterocycles. The molecular weight excluding hydrogens is 356 g/mol. The van der Waals surface area contributed by atoms with Crippen LogP contribution in [-0.2, 0) is 16.1 Å². The van der Waals surface area contributed by atoms with Crippen molar-refractivity contribution in [1.82, 2.24) is 20.9 Å². The summed E-state index contributed by atoms with van der Waals surface area (Å²) in [4.78, 5) is 27.8. The lowest BCUT2D eigenvalue weighted by atomic mass is 9.96. The Balaban J connectivity index is 1.51. The molecule has 0 aromatic heterocycles. The highest BCUT2D eigenvalue weighted by atomic mass is 16.5. The molecule has 154 valence electrons. The van der Waals surface area contributed by atoms with E-state index in [4.69, 9.17) is 4.74 Å². The summed E-state index contributed by atoms with van der Waals surface area (Å²) in [7, 11) is 0. The molecule has 7 nitrogen and oxygen atoms in total. The fourth-order valence-electron chi connectivity index (χ4n) is 4.01. The third-order valence-electron chi connectivity index (χ3n) is 5.55. The van der Waals surface area contributed by atoms with Crippen LogP contribution in [0.3, 0.4) is 0 Å². The van der Waals surface area contributed by atoms with Crippen molar-refractivity contribution in [2.75, 3.05) is 32.8 Å². The summed E-state index contributed by atoms with van der Waals surface area (Å²) in [5.74, 6) is -0.0689. The van der Waals surface area contributed by atoms with E-state index in [0.29, 0.717) is 19.4 Å². The van der Waals surface area contributed by atoms with Crippen molar-refractivity contribution in [3.63, 3.8) is 0 Å². The van der Waals surface area contributed by atoms with Gasteiger partial charge in [-0.05, 0) is 25.3 Å². The molecule has 3 N–H and O–H groups in total. The summed E-state index contributed by atoms with van der Waals surface area (Å²) in [5.41, 5.74) is 0.224. The monoisotopic (exact) mass is 388 g/mol. The molecule has 1 heterocycles. The van der Waals surface area contributed by atoms with Gasteiger partial charge in [0.15, 0.2) is 0 Å². The van der Waals surface area contributed by atoms with Gasteiger partial charge in [0.1, 0.15) is 5.54 Å². The number of urea groups is 1. The molecule has 7 heteroatoms. The Morgan fingerprint density at radius 2 is 1.82 bits per heavy atom. The second-order valence-electron chi connectivity index (χ2n) is 7.87. The minimum absolute atomic E-state index is 0.0252. The maximum Gasteiger partial charge on any atom is 0.315 e. The van der Waals surface area contributed by atoms with E-state index in [9.17, 15) is 9.59 Å². The number of amides is 3. The summed E-state index contributed by atoms with van der Waals surface area (Å²) < 4.78 is 5.37. The smallest absolute Gasteiger partial charge is 0.315 e. The Kier molecular flexibility index (Phi) is 7.28. The first-order chi connectivity index (χ1) is 13.6. The second kappa shape index (κ2) is 9.89. The van der Waals surface area contributed by atoms with Crippen molar-refractivity contribution in [3.05, 3.63) is 35.9 Å². The Labute approximate surface area is 167 Å². The minimum Gasteiger partial charge on any atom is -0.379 e. The molecule has 1 atom stereocenters. The molecule has 2 fully saturated rings. The van der Waals surface area contributed by atoms with Crippen LogP contribution in [0.5, 0.6) is 0 Å². The zero-order valence-electron chi connectivity index (χ0n) is 16.7. The number of nitrogens with zero attached hydrogens (tertiary/aromatic N) is 1. The van der Waals surface area contributed by atoms with Gasteiger partial charge in [0.2, 0.25) is 5.91 Å². The molecule has 3 rings (SSSR count). The number of carbonyl (C=O) groups is 2. The quantitative estimate of drug-likeness (QED) is 0.663. The van der Waals surface area contributed by atoms with Gasteiger partial charge >= 0.3 is 6.03 Å². The van der Waals surface area contributed by atoms with E-state index in [1.54, 1.807) is 0 Å². The number of nitrogens with one attached hydrogen (secondary N) is 3. The normalized spacial score (nSPS) is 20.3. The van der Waals surface area contributed by atoms with Crippen LogP contribution >= 0.6 is 0 Å². The maximum absolute atomic E-state index is 13.0. The van der Waals surface area contributed by atoms with E-state index in [-0.39, 0.29) is 18.0 Å². The van der Waals surface area contributed by atoms with E-state index in [1.807, 2.05) is 37.3 Å². The number of rotatable bonds is 7. The van der Waals surface area contributed by atoms with Gasteiger partial charge in [0.25, 0.3) is 0 Å². The number of ether oxygens (including phenoxy) is 1. The van der Waals surface area contributed by atoms with Crippen molar-refractivity contribution in [2.24, 2.45) is 0 Å². The molecule has 1 unspecified atom stereocenters. The van der Waals surface area contributed by atoms with Crippen LogP contribution in [0.15, 0.2) is 30.3 Å². The predicted molar refractivity (Wildman–Crippen MR) is 108 cm³/mol. The highest BCUT2D eigenvalue weighted by Crippen LogP contribution is 2.30. The van der Waals surface area contributed by atoms with Crippen molar-refractivity contribution in [2.45, 2.75) is 50.7 Å². The topological polar surface area (TPSA) is 82.7 Å². The second-order valence-corrected chi connectivity index (χ2v) is 7.87. The lowest BCUT2D eigenvalue weighted by Crippen LogP contribution is -2.61. The van der Waals surface area contributed by atoms with E-state index < -0.39 is 5.54 Å². The Bertz CT molecular complexity index is 640. The zero-order chi connectivity index (χ0) is 19.8. The van der Waals surface area contributed by atoms with Gasteiger partial charge in [0, 0.05) is 32.2 Å². The molecule has 0 spiro atoms. The van der Waals surface area contributed by atoms with Crippen LogP contribution in [0, 0.1) is 0 Å². The summed E-state index contributed by atoms with van der Waals surface area (Å²) in [6.07, 6.45) is 3.26. The first-order valence-electron chi connectivity index (χ1n) is 10.3. The molecule has 3 amide bonds. The largest absolute Gasteiger partial charge is 0.379 e. The minimum atomic E-state index is -0.806. The SMILES string of the molecule is CC(CN1CCOCC1)NC(=O)C1(NC(=O)NCc2ccccc2)CCCC1. The van der Waals surface area contributed by atoms with Gasteiger partial charge in [-0.1, -0.05) is 43.2 Å². The van der Waals surface area contributed by atoms with Crippen LogP contribution in [0.2, 0.25) is 0 Å². The highest BCUT2D eigenvalue weighted by molar-refractivity contribution is 5.91. The fraction of sp³-hybridized carbons (Fsp3) is 0.619. The van der Waals surface area contributed by atoms with Gasteiger partial charge < -0.3 is 20.7 Å². The standard InChI is InChI=1S/C21H32N4O3/c1-17(16-25-11-13-28-14-12-25)23-19(26)21(9-5-6-10-21)24-20(27)22-15-18-7-3-2-4-8-18/h2-4,7-8,17H,5-6,9-16H2,1H3,(H,23,26)(H2,22,24,27). The molecule has 28 heavy (non-hydrogen) atoms. The lowest BCUT2D eigenvalue weighted by molar-refractivity contribution is -0.128. The average molecular weight is 389 g/mol. The molecule has 1 aliphatic heterocycles. The first-order valence-corrected chi connectivity index (χ1v) is 10.3. The fourth-order valence-corrected chi connectivity index (χ4v) is 4.01. The molecule has 1 saturated carbocycles. The predicted octanol–water partition coefficient (Wildman–Crippen LogP) is 1.64. The Morgan fingerprint density at radius 3 is 2.50 bits per heavy atom. The molecular formula is C21H32N4O3. The van der Waals surface area contributed by atoms with Crippen molar-refractivity contribution >= 4 is 11.9 Å². The van der Waals surface area contributed by atoms with Gasteiger partial charge in [-0.2, -0.15) is 0 Å². The average Bonchev–Trinajstić information content (AvgIpc) is 3.17. The summed E-state index contributed by atoms with van der Waals surface area (Å²) in [6, 6.07) is 9.49. The molecule has 0 radical (unpaired) electrons. The summed E-state index contributed by atoms with van der Waals surface area (Å²) in [6.45, 7) is 6.53. The molecule has 1 aromatic carbocycles. The highest BCUT2D eigenvalue weighted by Gasteiger charge is 2.42. The Morgan fingerprint density at radius 1 is 1.14 bits per heavy atom. The molecule has 0 bridgehead atoms. The van der Waals surface area contributed by atoms with Crippen LogP contribution in [0.1, 0.15) is 38.2 Å². The van der Waals surface area contributed by atoms with Crippen molar-refractivity contribution < 1.29 is 14.3 Å². The molecule has 1 aliphatic carbocycles. The van der Waals surface area contributed by atoms with Crippen molar-refractivity contribution in [1.29, 1.82) is 0 Å². The first kappa shape index (κ1) is 20.6. The maximum atomic E-state index is 13.0. The van der Waals surface area contributed by atoms with E-state index in [1.165, 1.54) is 0 Å².